The molecule has 1 unspecified atom stereocenters. The molecule has 0 saturated heterocycles. The Hall–Kier alpha value is -2.98. The van der Waals surface area contributed by atoms with Crippen LogP contribution in [-0.2, 0) is 4.74 Å². The molecule has 0 spiro atoms. The van der Waals surface area contributed by atoms with Crippen molar-refractivity contribution in [3.8, 4) is 10.8 Å². The molecule has 0 amide bonds. The van der Waals surface area contributed by atoms with Gasteiger partial charge in [0.25, 0.3) is 0 Å². The molecular weight excluding hydrogens is 366 g/mol. The SMILES string of the molecule is COC1=C(c2csc(-n3c4ccccc4c4ccccc43)c2O)C=CC(C)C1. The van der Waals surface area contributed by atoms with Crippen LogP contribution >= 0.6 is 11.3 Å². The molecule has 2 heterocycles. The lowest BCUT2D eigenvalue weighted by Gasteiger charge is -2.18. The highest BCUT2D eigenvalue weighted by atomic mass is 32.1. The van der Waals surface area contributed by atoms with E-state index >= 15 is 0 Å². The van der Waals surface area contributed by atoms with Gasteiger partial charge in [-0.3, -0.25) is 4.57 Å². The van der Waals surface area contributed by atoms with E-state index in [0.29, 0.717) is 11.7 Å². The number of fused-ring (bicyclic) bond motifs is 3. The minimum Gasteiger partial charge on any atom is -0.504 e. The second kappa shape index (κ2) is 6.57. The van der Waals surface area contributed by atoms with Crippen molar-refractivity contribution in [3.63, 3.8) is 0 Å². The zero-order chi connectivity index (χ0) is 19.3. The number of ether oxygens (including phenoxy) is 1. The Kier molecular flexibility index (Phi) is 4.02. The molecule has 28 heavy (non-hydrogen) atoms. The fourth-order valence-corrected chi connectivity index (χ4v) is 5.08. The molecule has 5 rings (SSSR count). The van der Waals surface area contributed by atoms with E-state index in [4.69, 9.17) is 4.74 Å². The van der Waals surface area contributed by atoms with Gasteiger partial charge in [0.05, 0.1) is 18.1 Å². The van der Waals surface area contributed by atoms with Gasteiger partial charge >= 0.3 is 0 Å². The molecule has 2 aromatic carbocycles. The third kappa shape index (κ3) is 2.49. The van der Waals surface area contributed by atoms with E-state index in [-0.39, 0.29) is 0 Å². The van der Waals surface area contributed by atoms with E-state index < -0.39 is 0 Å². The smallest absolute Gasteiger partial charge is 0.158 e. The lowest BCUT2D eigenvalue weighted by atomic mass is 9.93. The van der Waals surface area contributed by atoms with Crippen molar-refractivity contribution in [2.75, 3.05) is 7.11 Å². The van der Waals surface area contributed by atoms with E-state index in [0.717, 1.165) is 39.4 Å². The van der Waals surface area contributed by atoms with Gasteiger partial charge in [0.1, 0.15) is 10.8 Å². The van der Waals surface area contributed by atoms with E-state index in [2.05, 4.69) is 60.0 Å². The van der Waals surface area contributed by atoms with Gasteiger partial charge in [0, 0.05) is 33.7 Å². The molecular formula is C24H21NO2S. The maximum Gasteiger partial charge on any atom is 0.158 e. The van der Waals surface area contributed by atoms with Crippen LogP contribution in [-0.4, -0.2) is 16.8 Å². The van der Waals surface area contributed by atoms with Crippen LogP contribution < -0.4 is 0 Å². The van der Waals surface area contributed by atoms with Crippen LogP contribution in [0.15, 0.2) is 71.8 Å². The molecule has 140 valence electrons. The zero-order valence-electron chi connectivity index (χ0n) is 15.8. The number of hydrogen-bond acceptors (Lipinski definition) is 3. The molecule has 0 bridgehead atoms. The maximum absolute atomic E-state index is 11.2. The number of thiophene rings is 1. The third-order valence-corrected chi connectivity index (χ3v) is 6.42. The van der Waals surface area contributed by atoms with Gasteiger partial charge in [-0.1, -0.05) is 55.5 Å². The summed E-state index contributed by atoms with van der Waals surface area (Å²) in [4.78, 5) is 0. The first kappa shape index (κ1) is 17.1. The molecule has 4 aromatic rings. The van der Waals surface area contributed by atoms with E-state index in [1.807, 2.05) is 17.5 Å². The lowest BCUT2D eigenvalue weighted by molar-refractivity contribution is 0.270. The number of allylic oxidation sites excluding steroid dienone is 4. The van der Waals surface area contributed by atoms with Crippen molar-refractivity contribution in [2.45, 2.75) is 13.3 Å². The summed E-state index contributed by atoms with van der Waals surface area (Å²) in [5, 5.41) is 16.5. The summed E-state index contributed by atoms with van der Waals surface area (Å²) in [7, 11) is 1.71. The van der Waals surface area contributed by atoms with Gasteiger partial charge in [0.15, 0.2) is 5.75 Å². The number of aromatic nitrogens is 1. The van der Waals surface area contributed by atoms with Gasteiger partial charge in [-0.25, -0.2) is 0 Å². The van der Waals surface area contributed by atoms with Crippen LogP contribution in [0.3, 0.4) is 0 Å². The standard InChI is InChI=1S/C24H21NO2S/c1-15-11-12-18(22(13-15)27-2)19-14-28-24(23(19)26)25-20-9-5-3-7-16(20)17-8-4-6-10-21(17)25/h3-12,14-15,26H,13H2,1-2H3. The van der Waals surface area contributed by atoms with Crippen LogP contribution in [0.25, 0.3) is 32.4 Å². The number of aromatic hydroxyl groups is 1. The number of nitrogens with zero attached hydrogens (tertiary/aromatic N) is 1. The monoisotopic (exact) mass is 387 g/mol. The average molecular weight is 388 g/mol. The van der Waals surface area contributed by atoms with Crippen molar-refractivity contribution < 1.29 is 9.84 Å². The molecule has 1 aliphatic rings. The number of rotatable bonds is 3. The van der Waals surface area contributed by atoms with Crippen LogP contribution in [0.1, 0.15) is 18.9 Å². The normalized spacial score (nSPS) is 17.0. The molecule has 0 aliphatic heterocycles. The predicted molar refractivity (Wildman–Crippen MR) is 117 cm³/mol. The molecule has 3 nitrogen and oxygen atoms in total. The van der Waals surface area contributed by atoms with Crippen molar-refractivity contribution in [1.82, 2.24) is 4.57 Å². The molecule has 0 fully saturated rings. The first-order chi connectivity index (χ1) is 13.7. The number of para-hydroxylation sites is 2. The van der Waals surface area contributed by atoms with E-state index in [1.165, 1.54) is 10.8 Å². The summed E-state index contributed by atoms with van der Waals surface area (Å²) in [5.41, 5.74) is 4.01. The Morgan fingerprint density at radius 3 is 2.32 bits per heavy atom. The Morgan fingerprint density at radius 2 is 1.68 bits per heavy atom. The van der Waals surface area contributed by atoms with Crippen LogP contribution in [0.2, 0.25) is 0 Å². The predicted octanol–water partition coefficient (Wildman–Crippen LogP) is 6.50. The van der Waals surface area contributed by atoms with Gasteiger partial charge in [-0.05, 0) is 18.1 Å². The minimum absolute atomic E-state index is 0.306. The second-order valence-electron chi connectivity index (χ2n) is 7.25. The highest BCUT2D eigenvalue weighted by Gasteiger charge is 2.23. The second-order valence-corrected chi connectivity index (χ2v) is 8.11. The van der Waals surface area contributed by atoms with Crippen LogP contribution in [0.5, 0.6) is 5.75 Å². The molecule has 1 aliphatic carbocycles. The first-order valence-corrected chi connectivity index (χ1v) is 10.3. The highest BCUT2D eigenvalue weighted by molar-refractivity contribution is 7.13. The van der Waals surface area contributed by atoms with Crippen molar-refractivity contribution in [1.29, 1.82) is 0 Å². The summed E-state index contributed by atoms with van der Waals surface area (Å²) < 4.78 is 7.80. The third-order valence-electron chi connectivity index (χ3n) is 5.47. The Bertz CT molecular complexity index is 1210. The summed E-state index contributed by atoms with van der Waals surface area (Å²) in [5.74, 6) is 1.67. The van der Waals surface area contributed by atoms with Gasteiger partial charge in [0.2, 0.25) is 0 Å². The first-order valence-electron chi connectivity index (χ1n) is 9.43. The molecule has 1 N–H and O–H groups in total. The van der Waals surface area contributed by atoms with Crippen molar-refractivity contribution in [2.24, 2.45) is 5.92 Å². The summed E-state index contributed by atoms with van der Waals surface area (Å²) in [6.07, 6.45) is 5.10. The quantitative estimate of drug-likeness (QED) is 0.435. The number of methoxy groups -OCH3 is 1. The van der Waals surface area contributed by atoms with Gasteiger partial charge in [-0.2, -0.15) is 0 Å². The molecule has 0 radical (unpaired) electrons. The number of hydrogen-bond donors (Lipinski definition) is 1. The summed E-state index contributed by atoms with van der Waals surface area (Å²) in [6.45, 7) is 2.17. The van der Waals surface area contributed by atoms with Crippen LogP contribution in [0.4, 0.5) is 0 Å². The summed E-state index contributed by atoms with van der Waals surface area (Å²) in [6, 6.07) is 16.7. The van der Waals surface area contributed by atoms with Crippen LogP contribution in [0, 0.1) is 5.92 Å². The fraction of sp³-hybridized carbons (Fsp3) is 0.167. The molecule has 2 aromatic heterocycles. The van der Waals surface area contributed by atoms with Crippen molar-refractivity contribution >= 4 is 38.7 Å². The number of benzene rings is 2. The Labute approximate surface area is 167 Å². The maximum atomic E-state index is 11.2. The van der Waals surface area contributed by atoms with Gasteiger partial charge < -0.3 is 9.84 Å². The highest BCUT2D eigenvalue weighted by Crippen LogP contribution is 2.44. The molecule has 0 saturated carbocycles. The Morgan fingerprint density at radius 1 is 1.04 bits per heavy atom. The van der Waals surface area contributed by atoms with Crippen molar-refractivity contribution in [3.05, 3.63) is 77.4 Å². The lowest BCUT2D eigenvalue weighted by Crippen LogP contribution is -2.03. The van der Waals surface area contributed by atoms with Gasteiger partial charge in [-0.15, -0.1) is 11.3 Å². The summed E-state index contributed by atoms with van der Waals surface area (Å²) >= 11 is 1.56. The largest absolute Gasteiger partial charge is 0.504 e. The topological polar surface area (TPSA) is 34.4 Å². The Balaban J connectivity index is 1.76. The fourth-order valence-electron chi connectivity index (χ4n) is 4.09. The average Bonchev–Trinajstić information content (AvgIpc) is 3.25. The zero-order valence-corrected chi connectivity index (χ0v) is 16.7. The molecule has 4 heteroatoms. The molecule has 1 atom stereocenters. The minimum atomic E-state index is 0.306. The van der Waals surface area contributed by atoms with E-state index in [1.54, 1.807) is 18.4 Å². The van der Waals surface area contributed by atoms with E-state index in [9.17, 15) is 5.11 Å².